The number of methoxy groups -OCH3 is 2. The molecule has 1 aromatic carbocycles. The molecular formula is C20H29NO6. The van der Waals surface area contributed by atoms with Crippen molar-refractivity contribution in [3.05, 3.63) is 23.8 Å². The van der Waals surface area contributed by atoms with Crippen LogP contribution >= 0.6 is 0 Å². The Morgan fingerprint density at radius 2 is 1.96 bits per heavy atom. The number of Topliss-reactive ketones (excluding diaryl/α,β-unsaturated/α-hetero) is 1. The molecule has 7 heteroatoms. The largest absolute Gasteiger partial charge is 0.493 e. The summed E-state index contributed by atoms with van der Waals surface area (Å²) >= 11 is 0. The summed E-state index contributed by atoms with van der Waals surface area (Å²) in [7, 11) is 3.23. The number of carbonyl (C=O) groups excluding carboxylic acids is 2. The van der Waals surface area contributed by atoms with E-state index in [1.807, 2.05) is 18.2 Å². The molecule has 0 radical (unpaired) electrons. The van der Waals surface area contributed by atoms with Gasteiger partial charge < -0.3 is 18.9 Å². The summed E-state index contributed by atoms with van der Waals surface area (Å²) in [6, 6.07) is 4.81. The third-order valence-electron chi connectivity index (χ3n) is 4.66. The van der Waals surface area contributed by atoms with Gasteiger partial charge in [-0.25, -0.2) is 0 Å². The number of hydrogen-bond acceptors (Lipinski definition) is 7. The topological polar surface area (TPSA) is 83.1 Å². The Labute approximate surface area is 160 Å². The maximum atomic E-state index is 12.1. The number of hydrogen-bond donors (Lipinski definition) is 1. The summed E-state index contributed by atoms with van der Waals surface area (Å²) in [6.45, 7) is 4.74. The van der Waals surface area contributed by atoms with Crippen LogP contribution in [-0.2, 0) is 19.1 Å². The Morgan fingerprint density at radius 3 is 2.59 bits per heavy atom. The number of ketones is 1. The molecule has 27 heavy (non-hydrogen) atoms. The molecule has 1 N–H and O–H groups in total. The van der Waals surface area contributed by atoms with Crippen molar-refractivity contribution in [2.75, 3.05) is 34.0 Å². The molecule has 3 atom stereocenters. The molecule has 1 aromatic rings. The molecule has 1 saturated heterocycles. The molecule has 0 aliphatic carbocycles. The first kappa shape index (κ1) is 21.2. The van der Waals surface area contributed by atoms with Crippen LogP contribution < -0.4 is 14.8 Å². The number of ether oxygens (including phenoxy) is 4. The standard InChI is InChI=1S/C20H29NO6/c1-5-26-20(23)16-12-15(13(2)22)19(21-16)14-7-8-17(25-4)18(11-14)27-10-6-9-24-3/h7-8,11,15-16,19,21H,5-6,9-10,12H2,1-4H3/t15-,16+,19+/m1/s1. The van der Waals surface area contributed by atoms with Crippen molar-refractivity contribution in [2.45, 2.75) is 38.8 Å². The zero-order valence-electron chi connectivity index (χ0n) is 16.4. The Bertz CT molecular complexity index is 647. The first-order valence-electron chi connectivity index (χ1n) is 9.24. The Hall–Kier alpha value is -2.12. The van der Waals surface area contributed by atoms with E-state index >= 15 is 0 Å². The predicted molar refractivity (Wildman–Crippen MR) is 100 cm³/mol. The molecule has 2 rings (SSSR count). The highest BCUT2D eigenvalue weighted by atomic mass is 16.5. The van der Waals surface area contributed by atoms with Crippen LogP contribution in [0.5, 0.6) is 11.5 Å². The number of nitrogens with one attached hydrogen (secondary N) is 1. The smallest absolute Gasteiger partial charge is 0.323 e. The van der Waals surface area contributed by atoms with Crippen molar-refractivity contribution in [1.29, 1.82) is 0 Å². The van der Waals surface area contributed by atoms with Crippen LogP contribution in [0.2, 0.25) is 0 Å². The van der Waals surface area contributed by atoms with E-state index in [2.05, 4.69) is 5.32 Å². The van der Waals surface area contributed by atoms with Gasteiger partial charge >= 0.3 is 5.97 Å². The van der Waals surface area contributed by atoms with Gasteiger partial charge in [-0.2, -0.15) is 0 Å². The average molecular weight is 379 g/mol. The molecule has 0 saturated carbocycles. The third-order valence-corrected chi connectivity index (χ3v) is 4.66. The third kappa shape index (κ3) is 5.43. The van der Waals surface area contributed by atoms with Crippen LogP contribution in [0.1, 0.15) is 38.3 Å². The minimum atomic E-state index is -0.489. The van der Waals surface area contributed by atoms with E-state index in [1.165, 1.54) is 0 Å². The van der Waals surface area contributed by atoms with Crippen molar-refractivity contribution < 1.29 is 28.5 Å². The minimum Gasteiger partial charge on any atom is -0.493 e. The van der Waals surface area contributed by atoms with Crippen molar-refractivity contribution in [2.24, 2.45) is 5.92 Å². The quantitative estimate of drug-likeness (QED) is 0.493. The summed E-state index contributed by atoms with van der Waals surface area (Å²) in [5, 5.41) is 3.25. The summed E-state index contributed by atoms with van der Waals surface area (Å²) in [5.74, 6) is 0.646. The van der Waals surface area contributed by atoms with E-state index in [-0.39, 0.29) is 23.7 Å². The van der Waals surface area contributed by atoms with E-state index < -0.39 is 6.04 Å². The zero-order valence-corrected chi connectivity index (χ0v) is 16.4. The number of benzene rings is 1. The summed E-state index contributed by atoms with van der Waals surface area (Å²) in [6.07, 6.45) is 1.18. The molecule has 1 aliphatic rings. The van der Waals surface area contributed by atoms with E-state index in [9.17, 15) is 9.59 Å². The molecule has 150 valence electrons. The predicted octanol–water partition coefficient (Wildman–Crippen LogP) is 2.28. The van der Waals surface area contributed by atoms with E-state index in [0.717, 1.165) is 12.0 Å². The second-order valence-electron chi connectivity index (χ2n) is 6.51. The van der Waals surface area contributed by atoms with Gasteiger partial charge in [-0.3, -0.25) is 14.9 Å². The maximum absolute atomic E-state index is 12.1. The molecule has 1 fully saturated rings. The fourth-order valence-corrected chi connectivity index (χ4v) is 3.31. The first-order chi connectivity index (χ1) is 13.0. The van der Waals surface area contributed by atoms with Gasteiger partial charge in [0.15, 0.2) is 11.5 Å². The average Bonchev–Trinajstić information content (AvgIpc) is 3.11. The van der Waals surface area contributed by atoms with Crippen molar-refractivity contribution in [3.8, 4) is 11.5 Å². The van der Waals surface area contributed by atoms with Crippen molar-refractivity contribution in [1.82, 2.24) is 5.32 Å². The van der Waals surface area contributed by atoms with Gasteiger partial charge in [-0.05, 0) is 38.0 Å². The summed E-state index contributed by atoms with van der Waals surface area (Å²) in [5.41, 5.74) is 0.879. The number of carbonyl (C=O) groups is 2. The van der Waals surface area contributed by atoms with E-state index in [4.69, 9.17) is 18.9 Å². The maximum Gasteiger partial charge on any atom is 0.323 e. The Morgan fingerprint density at radius 1 is 1.19 bits per heavy atom. The molecule has 7 nitrogen and oxygen atoms in total. The van der Waals surface area contributed by atoms with Crippen LogP contribution in [-0.4, -0.2) is 51.8 Å². The van der Waals surface area contributed by atoms with Crippen LogP contribution in [0, 0.1) is 5.92 Å². The molecule has 0 bridgehead atoms. The zero-order chi connectivity index (χ0) is 19.8. The van der Waals surface area contributed by atoms with Gasteiger partial charge in [0.2, 0.25) is 0 Å². The molecule has 0 unspecified atom stereocenters. The van der Waals surface area contributed by atoms with Crippen molar-refractivity contribution >= 4 is 11.8 Å². The lowest BCUT2D eigenvalue weighted by Crippen LogP contribution is -2.33. The van der Waals surface area contributed by atoms with Crippen LogP contribution in [0.4, 0.5) is 0 Å². The first-order valence-corrected chi connectivity index (χ1v) is 9.24. The molecule has 0 amide bonds. The second-order valence-corrected chi connectivity index (χ2v) is 6.51. The fourth-order valence-electron chi connectivity index (χ4n) is 3.31. The van der Waals surface area contributed by atoms with Crippen LogP contribution in [0.15, 0.2) is 18.2 Å². The molecule has 0 aromatic heterocycles. The SMILES string of the molecule is CCOC(=O)[C@@H]1C[C@H](C(C)=O)[C@H](c2ccc(OC)c(OCCCOC)c2)N1. The van der Waals surface area contributed by atoms with Gasteiger partial charge in [0, 0.05) is 32.1 Å². The highest BCUT2D eigenvalue weighted by Gasteiger charge is 2.41. The van der Waals surface area contributed by atoms with Gasteiger partial charge in [0.05, 0.1) is 20.3 Å². The number of rotatable bonds is 10. The number of esters is 1. The Balaban J connectivity index is 2.20. The van der Waals surface area contributed by atoms with Crippen molar-refractivity contribution in [3.63, 3.8) is 0 Å². The molecule has 0 spiro atoms. The lowest BCUT2D eigenvalue weighted by molar-refractivity contribution is -0.145. The van der Waals surface area contributed by atoms with Crippen LogP contribution in [0.3, 0.4) is 0 Å². The van der Waals surface area contributed by atoms with Crippen LogP contribution in [0.25, 0.3) is 0 Å². The lowest BCUT2D eigenvalue weighted by atomic mass is 9.90. The van der Waals surface area contributed by atoms with E-state index in [0.29, 0.717) is 37.7 Å². The fraction of sp³-hybridized carbons (Fsp3) is 0.600. The lowest BCUT2D eigenvalue weighted by Gasteiger charge is -2.20. The molecular weight excluding hydrogens is 350 g/mol. The van der Waals surface area contributed by atoms with E-state index in [1.54, 1.807) is 28.1 Å². The highest BCUT2D eigenvalue weighted by Crippen LogP contribution is 2.38. The summed E-state index contributed by atoms with van der Waals surface area (Å²) < 4.78 is 21.3. The van der Waals surface area contributed by atoms with Gasteiger partial charge in [-0.1, -0.05) is 6.07 Å². The second kappa shape index (κ2) is 10.3. The Kier molecular flexibility index (Phi) is 8.06. The minimum absolute atomic E-state index is 0.0395. The molecule has 1 aliphatic heterocycles. The van der Waals surface area contributed by atoms with Gasteiger partial charge in [0.25, 0.3) is 0 Å². The van der Waals surface area contributed by atoms with Gasteiger partial charge in [0.1, 0.15) is 11.8 Å². The summed E-state index contributed by atoms with van der Waals surface area (Å²) in [4.78, 5) is 24.3. The molecule has 1 heterocycles. The van der Waals surface area contributed by atoms with Gasteiger partial charge in [-0.15, -0.1) is 0 Å². The highest BCUT2D eigenvalue weighted by molar-refractivity contribution is 5.83. The monoisotopic (exact) mass is 379 g/mol. The normalized spacial score (nSPS) is 21.7.